The highest BCUT2D eigenvalue weighted by Crippen LogP contribution is 2.59. The molecular formula is C21H26FN3O. The first-order valence-corrected chi connectivity index (χ1v) is 8.90. The summed E-state index contributed by atoms with van der Waals surface area (Å²) >= 11 is 0. The molecule has 1 aliphatic carbocycles. The van der Waals surface area contributed by atoms with Crippen molar-refractivity contribution in [3.8, 4) is 0 Å². The van der Waals surface area contributed by atoms with Crippen molar-refractivity contribution in [1.82, 2.24) is 14.9 Å². The molecule has 1 fully saturated rings. The Kier molecular flexibility index (Phi) is 4.74. The third-order valence-electron chi connectivity index (χ3n) is 5.31. The maximum absolute atomic E-state index is 13.3. The minimum absolute atomic E-state index is 0.00910. The van der Waals surface area contributed by atoms with Gasteiger partial charge in [0.2, 0.25) is 5.91 Å². The summed E-state index contributed by atoms with van der Waals surface area (Å²) in [6, 6.07) is 5.79. The fourth-order valence-corrected chi connectivity index (χ4v) is 3.69. The van der Waals surface area contributed by atoms with E-state index in [0.29, 0.717) is 0 Å². The molecule has 0 bridgehead atoms. The summed E-state index contributed by atoms with van der Waals surface area (Å²) in [4.78, 5) is 17.4. The Balaban J connectivity index is 1.87. The smallest absolute Gasteiger partial charge is 0.225 e. The minimum atomic E-state index is -0.410. The van der Waals surface area contributed by atoms with E-state index in [0.717, 1.165) is 11.4 Å². The van der Waals surface area contributed by atoms with E-state index >= 15 is 0 Å². The van der Waals surface area contributed by atoms with Gasteiger partial charge in [-0.05, 0) is 42.9 Å². The third kappa shape index (κ3) is 3.43. The van der Waals surface area contributed by atoms with Crippen LogP contribution in [-0.2, 0) is 11.8 Å². The molecule has 26 heavy (non-hydrogen) atoms. The average molecular weight is 355 g/mol. The van der Waals surface area contributed by atoms with E-state index in [-0.39, 0.29) is 29.0 Å². The second kappa shape index (κ2) is 6.71. The van der Waals surface area contributed by atoms with E-state index < -0.39 is 6.04 Å². The molecule has 1 aromatic carbocycles. The van der Waals surface area contributed by atoms with Crippen molar-refractivity contribution in [1.29, 1.82) is 0 Å². The number of carbonyl (C=O) groups excluding carboxylic acids is 1. The molecule has 5 heteroatoms. The van der Waals surface area contributed by atoms with Crippen LogP contribution >= 0.6 is 0 Å². The molecule has 138 valence electrons. The number of imidazole rings is 1. The van der Waals surface area contributed by atoms with Gasteiger partial charge in [0, 0.05) is 19.4 Å². The molecular weight excluding hydrogens is 329 g/mol. The first-order valence-electron chi connectivity index (χ1n) is 8.90. The number of nitrogens with zero attached hydrogens (tertiary/aromatic N) is 2. The largest absolute Gasteiger partial charge is 0.342 e. The highest BCUT2D eigenvalue weighted by atomic mass is 19.1. The number of amides is 1. The number of aromatic nitrogens is 2. The molecule has 1 N–H and O–H groups in total. The minimum Gasteiger partial charge on any atom is -0.342 e. The van der Waals surface area contributed by atoms with Gasteiger partial charge in [-0.1, -0.05) is 37.6 Å². The summed E-state index contributed by atoms with van der Waals surface area (Å²) < 4.78 is 15.2. The summed E-state index contributed by atoms with van der Waals surface area (Å²) in [5.41, 5.74) is 1.97. The molecule has 3 atom stereocenters. The molecule has 4 nitrogen and oxygen atoms in total. The molecule has 3 rings (SSSR count). The lowest BCUT2D eigenvalue weighted by atomic mass is 10.0. The molecule has 3 unspecified atom stereocenters. The highest BCUT2D eigenvalue weighted by molar-refractivity contribution is 5.84. The fraction of sp³-hybridized carbons (Fsp3) is 0.429. The number of benzene rings is 1. The van der Waals surface area contributed by atoms with Gasteiger partial charge in [-0.15, -0.1) is 0 Å². The Bertz CT molecular complexity index is 831. The maximum atomic E-state index is 13.3. The number of hydrogen-bond donors (Lipinski definition) is 1. The predicted molar refractivity (Wildman–Crippen MR) is 99.8 cm³/mol. The Morgan fingerprint density at radius 1 is 1.31 bits per heavy atom. The van der Waals surface area contributed by atoms with Gasteiger partial charge in [0.25, 0.3) is 0 Å². The molecule has 0 spiro atoms. The number of rotatable bonds is 5. The molecule has 1 aromatic heterocycles. The van der Waals surface area contributed by atoms with Crippen molar-refractivity contribution in [3.05, 3.63) is 65.5 Å². The number of hydrogen-bond acceptors (Lipinski definition) is 2. The second-order valence-corrected chi connectivity index (χ2v) is 7.96. The Morgan fingerprint density at radius 2 is 1.96 bits per heavy atom. The molecule has 1 heterocycles. The van der Waals surface area contributed by atoms with Crippen molar-refractivity contribution in [2.75, 3.05) is 0 Å². The van der Waals surface area contributed by atoms with Gasteiger partial charge in [0.05, 0.1) is 5.92 Å². The van der Waals surface area contributed by atoms with Gasteiger partial charge >= 0.3 is 0 Å². The molecule has 1 saturated carbocycles. The summed E-state index contributed by atoms with van der Waals surface area (Å²) in [5.74, 6) is 0.603. The zero-order chi connectivity index (χ0) is 19.1. The van der Waals surface area contributed by atoms with Crippen LogP contribution in [-0.4, -0.2) is 15.5 Å². The van der Waals surface area contributed by atoms with Crippen molar-refractivity contribution in [3.63, 3.8) is 0 Å². The van der Waals surface area contributed by atoms with Gasteiger partial charge in [-0.2, -0.15) is 0 Å². The molecule has 0 saturated heterocycles. The van der Waals surface area contributed by atoms with E-state index in [1.165, 1.54) is 17.7 Å². The normalized spacial score (nSPS) is 21.8. The van der Waals surface area contributed by atoms with Gasteiger partial charge in [0.1, 0.15) is 17.7 Å². The molecule has 1 aliphatic rings. The van der Waals surface area contributed by atoms with Crippen LogP contribution in [0.1, 0.15) is 45.1 Å². The van der Waals surface area contributed by atoms with Gasteiger partial charge in [-0.3, -0.25) is 4.79 Å². The van der Waals surface area contributed by atoms with Gasteiger partial charge in [0.15, 0.2) is 0 Å². The van der Waals surface area contributed by atoms with Crippen molar-refractivity contribution in [2.45, 2.75) is 33.7 Å². The van der Waals surface area contributed by atoms with Crippen molar-refractivity contribution in [2.24, 2.45) is 24.3 Å². The Morgan fingerprint density at radius 3 is 2.50 bits per heavy atom. The van der Waals surface area contributed by atoms with Crippen LogP contribution in [0.15, 0.2) is 48.3 Å². The monoisotopic (exact) mass is 355 g/mol. The Labute approximate surface area is 154 Å². The fourth-order valence-electron chi connectivity index (χ4n) is 3.69. The number of nitrogens with one attached hydrogen (secondary N) is 1. The molecule has 2 aromatic rings. The first kappa shape index (κ1) is 18.4. The number of allylic oxidation sites excluding steroid dienone is 2. The zero-order valence-corrected chi connectivity index (χ0v) is 16.0. The van der Waals surface area contributed by atoms with Crippen LogP contribution in [0.5, 0.6) is 0 Å². The van der Waals surface area contributed by atoms with E-state index in [4.69, 9.17) is 0 Å². The summed E-state index contributed by atoms with van der Waals surface area (Å²) in [6.07, 6.45) is 5.72. The van der Waals surface area contributed by atoms with Gasteiger partial charge < -0.3 is 9.88 Å². The standard InChI is InChI=1S/C21H26FN3O/c1-13(2)12-16-17(21(16,3)4)20(26)24-18(19-23-10-11-25(19)5)14-6-8-15(22)9-7-14/h6-12,16-18H,1-5H3,(H,24,26). The van der Waals surface area contributed by atoms with Gasteiger partial charge in [-0.25, -0.2) is 9.37 Å². The van der Waals surface area contributed by atoms with Crippen molar-refractivity contribution >= 4 is 5.91 Å². The highest BCUT2D eigenvalue weighted by Gasteiger charge is 2.60. The van der Waals surface area contributed by atoms with Crippen LogP contribution in [0.4, 0.5) is 4.39 Å². The van der Waals surface area contributed by atoms with Crippen LogP contribution < -0.4 is 5.32 Å². The van der Waals surface area contributed by atoms with Crippen LogP contribution in [0.3, 0.4) is 0 Å². The maximum Gasteiger partial charge on any atom is 0.225 e. The zero-order valence-electron chi connectivity index (χ0n) is 16.0. The topological polar surface area (TPSA) is 46.9 Å². The first-order chi connectivity index (χ1) is 12.2. The Hall–Kier alpha value is -2.43. The molecule has 1 amide bonds. The summed E-state index contributed by atoms with van der Waals surface area (Å²) in [7, 11) is 1.89. The van der Waals surface area contributed by atoms with E-state index in [1.807, 2.05) is 17.8 Å². The number of halogens is 1. The van der Waals surface area contributed by atoms with E-state index in [2.05, 4.69) is 44.1 Å². The SMILES string of the molecule is CC(C)=CC1C(C(=O)NC(c2ccc(F)cc2)c2nccn2C)C1(C)C. The lowest BCUT2D eigenvalue weighted by molar-refractivity contribution is -0.123. The van der Waals surface area contributed by atoms with Crippen LogP contribution in [0, 0.1) is 23.1 Å². The van der Waals surface area contributed by atoms with E-state index in [9.17, 15) is 9.18 Å². The lowest BCUT2D eigenvalue weighted by Crippen LogP contribution is -2.33. The summed E-state index contributed by atoms with van der Waals surface area (Å²) in [5, 5.41) is 3.14. The molecule has 0 aliphatic heterocycles. The number of aryl methyl sites for hydroxylation is 1. The van der Waals surface area contributed by atoms with Crippen LogP contribution in [0.25, 0.3) is 0 Å². The third-order valence-corrected chi connectivity index (χ3v) is 5.31. The lowest BCUT2D eigenvalue weighted by Gasteiger charge is -2.19. The molecule has 0 radical (unpaired) electrons. The van der Waals surface area contributed by atoms with E-state index in [1.54, 1.807) is 18.3 Å². The van der Waals surface area contributed by atoms with Crippen LogP contribution in [0.2, 0.25) is 0 Å². The second-order valence-electron chi connectivity index (χ2n) is 7.96. The average Bonchev–Trinajstić information content (AvgIpc) is 2.88. The number of carbonyl (C=O) groups is 1. The predicted octanol–water partition coefficient (Wildman–Crippen LogP) is 4.00. The van der Waals surface area contributed by atoms with Crippen molar-refractivity contribution < 1.29 is 9.18 Å². The summed E-state index contributed by atoms with van der Waals surface area (Å²) in [6.45, 7) is 8.35. The quantitative estimate of drug-likeness (QED) is 0.824.